The smallest absolute Gasteiger partial charge is 0.155 e. The first kappa shape index (κ1) is 29.5. The molecule has 0 aliphatic heterocycles. The molecule has 2 N–H and O–H groups in total. The SMILES string of the molecule is CC[C@]1(O)CC[C@H]2[C@@H]3CCC4=CC(=O)CC[C@@H]4[C@H]3CC[C@@]21C.C[C@]12CC[C@H]3[C@@H](CCC4=CC(=O)CC[C@@H]43)[C@@H]1CC[C@@H]2O. The second kappa shape index (κ2) is 10.7. The first-order valence-corrected chi connectivity index (χ1v) is 17.9. The molecule has 6 saturated carbocycles. The van der Waals surface area contributed by atoms with Crippen LogP contribution in [0.1, 0.15) is 130 Å². The Balaban J connectivity index is 0.000000138. The minimum Gasteiger partial charge on any atom is -0.393 e. The van der Waals surface area contributed by atoms with Crippen molar-refractivity contribution in [1.82, 2.24) is 0 Å². The zero-order valence-electron chi connectivity index (χ0n) is 26.6. The summed E-state index contributed by atoms with van der Waals surface area (Å²) in [5.74, 6) is 6.68. The molecular formula is C38H56O4. The van der Waals surface area contributed by atoms with Crippen LogP contribution in [0, 0.1) is 58.2 Å². The fraction of sp³-hybridized carbons (Fsp3) is 0.842. The average Bonchev–Trinajstić information content (AvgIpc) is 3.44. The number of hydrogen-bond donors (Lipinski definition) is 2. The lowest BCUT2D eigenvalue weighted by atomic mass is 9.50. The minimum atomic E-state index is -0.429. The van der Waals surface area contributed by atoms with E-state index in [9.17, 15) is 19.8 Å². The molecule has 0 aromatic heterocycles. The number of carbonyl (C=O) groups excluding carboxylic acids is 2. The maximum atomic E-state index is 11.7. The van der Waals surface area contributed by atoms with Crippen LogP contribution in [0.15, 0.2) is 23.3 Å². The molecule has 0 heterocycles. The number of carbonyl (C=O) groups is 2. The van der Waals surface area contributed by atoms with E-state index in [4.69, 9.17) is 0 Å². The third-order valence-electron chi connectivity index (χ3n) is 15.5. The van der Waals surface area contributed by atoms with E-state index in [0.29, 0.717) is 29.3 Å². The molecule has 0 unspecified atom stereocenters. The van der Waals surface area contributed by atoms with Crippen LogP contribution in [0.3, 0.4) is 0 Å². The van der Waals surface area contributed by atoms with Gasteiger partial charge in [-0.3, -0.25) is 9.59 Å². The van der Waals surface area contributed by atoms with E-state index in [-0.39, 0.29) is 16.9 Å². The number of hydrogen-bond acceptors (Lipinski definition) is 4. The van der Waals surface area contributed by atoms with E-state index in [1.165, 1.54) is 62.5 Å². The molecule has 0 radical (unpaired) electrons. The number of fused-ring (bicyclic) bond motifs is 10. The largest absolute Gasteiger partial charge is 0.393 e. The lowest BCUT2D eigenvalue weighted by Gasteiger charge is -2.55. The fourth-order valence-electron chi connectivity index (χ4n) is 13.0. The molecule has 6 fully saturated rings. The summed E-state index contributed by atoms with van der Waals surface area (Å²) in [6.45, 7) is 6.87. The Bertz CT molecular complexity index is 1170. The molecule has 8 aliphatic carbocycles. The van der Waals surface area contributed by atoms with Gasteiger partial charge in [0.05, 0.1) is 11.7 Å². The third kappa shape index (κ3) is 4.42. The molecule has 0 spiro atoms. The van der Waals surface area contributed by atoms with Crippen molar-refractivity contribution in [2.24, 2.45) is 58.2 Å². The van der Waals surface area contributed by atoms with Crippen molar-refractivity contribution in [2.75, 3.05) is 0 Å². The van der Waals surface area contributed by atoms with E-state index in [0.717, 1.165) is 87.4 Å². The molecule has 8 aliphatic rings. The van der Waals surface area contributed by atoms with Gasteiger partial charge in [-0.1, -0.05) is 31.9 Å². The van der Waals surface area contributed by atoms with Crippen molar-refractivity contribution in [3.63, 3.8) is 0 Å². The van der Waals surface area contributed by atoms with Crippen LogP contribution in [-0.2, 0) is 9.59 Å². The number of ketones is 2. The quantitative estimate of drug-likeness (QED) is 0.335. The van der Waals surface area contributed by atoms with Crippen LogP contribution in [0.2, 0.25) is 0 Å². The van der Waals surface area contributed by atoms with E-state index in [1.54, 1.807) is 0 Å². The van der Waals surface area contributed by atoms with Gasteiger partial charge < -0.3 is 10.2 Å². The van der Waals surface area contributed by atoms with Crippen LogP contribution in [0.5, 0.6) is 0 Å². The molecule has 232 valence electrons. The van der Waals surface area contributed by atoms with Crippen molar-refractivity contribution in [3.05, 3.63) is 23.3 Å². The van der Waals surface area contributed by atoms with Gasteiger partial charge in [0.1, 0.15) is 0 Å². The molecule has 4 heteroatoms. The first-order valence-electron chi connectivity index (χ1n) is 17.9. The fourth-order valence-corrected chi connectivity index (χ4v) is 13.0. The maximum absolute atomic E-state index is 11.7. The molecule has 0 aromatic rings. The van der Waals surface area contributed by atoms with Crippen molar-refractivity contribution in [3.8, 4) is 0 Å². The highest BCUT2D eigenvalue weighted by Gasteiger charge is 2.61. The second-order valence-electron chi connectivity index (χ2n) is 16.6. The Morgan fingerprint density at radius 2 is 1.24 bits per heavy atom. The monoisotopic (exact) mass is 576 g/mol. The zero-order chi connectivity index (χ0) is 29.4. The van der Waals surface area contributed by atoms with Crippen molar-refractivity contribution in [2.45, 2.75) is 142 Å². The van der Waals surface area contributed by atoms with Gasteiger partial charge in [0.25, 0.3) is 0 Å². The van der Waals surface area contributed by atoms with E-state index in [2.05, 4.69) is 20.8 Å². The third-order valence-corrected chi connectivity index (χ3v) is 15.5. The van der Waals surface area contributed by atoms with E-state index in [1.807, 2.05) is 12.2 Å². The van der Waals surface area contributed by atoms with E-state index < -0.39 is 5.60 Å². The highest BCUT2D eigenvalue weighted by atomic mass is 16.3. The molecular weight excluding hydrogens is 520 g/mol. The van der Waals surface area contributed by atoms with Gasteiger partial charge >= 0.3 is 0 Å². The Morgan fingerprint density at radius 3 is 1.83 bits per heavy atom. The summed E-state index contributed by atoms with van der Waals surface area (Å²) in [6, 6.07) is 0. The van der Waals surface area contributed by atoms with Gasteiger partial charge in [0.15, 0.2) is 11.6 Å². The van der Waals surface area contributed by atoms with Gasteiger partial charge in [-0.05, 0) is 167 Å². The van der Waals surface area contributed by atoms with Gasteiger partial charge in [0, 0.05) is 12.8 Å². The Kier molecular flexibility index (Phi) is 7.49. The van der Waals surface area contributed by atoms with Crippen molar-refractivity contribution < 1.29 is 19.8 Å². The Hall–Kier alpha value is -1.26. The lowest BCUT2D eigenvalue weighted by Crippen LogP contribution is -2.52. The molecule has 0 aromatic carbocycles. The van der Waals surface area contributed by atoms with Crippen LogP contribution in [0.25, 0.3) is 0 Å². The van der Waals surface area contributed by atoms with Crippen molar-refractivity contribution >= 4 is 11.6 Å². The molecule has 42 heavy (non-hydrogen) atoms. The maximum Gasteiger partial charge on any atom is 0.155 e. The summed E-state index contributed by atoms with van der Waals surface area (Å²) < 4.78 is 0. The van der Waals surface area contributed by atoms with Crippen LogP contribution >= 0.6 is 0 Å². The molecule has 0 amide bonds. The van der Waals surface area contributed by atoms with Crippen LogP contribution < -0.4 is 0 Å². The first-order chi connectivity index (χ1) is 20.1. The number of aliphatic hydroxyl groups is 2. The topological polar surface area (TPSA) is 74.6 Å². The summed E-state index contributed by atoms with van der Waals surface area (Å²) in [6.07, 6.45) is 22.6. The van der Waals surface area contributed by atoms with Gasteiger partial charge in [-0.25, -0.2) is 0 Å². The number of aliphatic hydroxyl groups excluding tert-OH is 1. The standard InChI is InChI=1S/C20H30O2.C18H26O2/c1-3-20(22)11-9-18-17-6-4-13-12-14(21)5-7-15(13)16(17)8-10-19(18,20)2;1-18-9-8-14-13-5-3-12(19)10-11(13)2-4-15(14)16(18)6-7-17(18)20/h12,15-18,22H,3-11H2,1-2H3;10,13-17,20H,2-9H2,1H3/t15-,16+,17+,18-,19-,20-;13-,14+,15+,16-,17-,18-/m00/s1. The molecule has 0 bridgehead atoms. The predicted molar refractivity (Wildman–Crippen MR) is 165 cm³/mol. The summed E-state index contributed by atoms with van der Waals surface area (Å²) in [4.78, 5) is 23.4. The lowest BCUT2D eigenvalue weighted by molar-refractivity contribution is -0.122. The predicted octanol–water partition coefficient (Wildman–Crippen LogP) is 7.76. The summed E-state index contributed by atoms with van der Waals surface area (Å²) >= 11 is 0. The Labute approximate surface area is 254 Å². The second-order valence-corrected chi connectivity index (χ2v) is 16.6. The van der Waals surface area contributed by atoms with Gasteiger partial charge in [-0.2, -0.15) is 0 Å². The number of rotatable bonds is 1. The molecule has 0 saturated heterocycles. The van der Waals surface area contributed by atoms with E-state index >= 15 is 0 Å². The van der Waals surface area contributed by atoms with Crippen LogP contribution in [-0.4, -0.2) is 33.5 Å². The summed E-state index contributed by atoms with van der Waals surface area (Å²) in [5.41, 5.74) is 2.82. The van der Waals surface area contributed by atoms with Crippen molar-refractivity contribution in [1.29, 1.82) is 0 Å². The Morgan fingerprint density at radius 1 is 0.667 bits per heavy atom. The molecule has 4 nitrogen and oxygen atoms in total. The van der Waals surface area contributed by atoms with Gasteiger partial charge in [0.2, 0.25) is 0 Å². The normalized spacial score (nSPS) is 50.9. The molecule has 12 atom stereocenters. The highest BCUT2D eigenvalue weighted by Crippen LogP contribution is 2.66. The average molecular weight is 577 g/mol. The van der Waals surface area contributed by atoms with Crippen LogP contribution in [0.4, 0.5) is 0 Å². The molecule has 8 rings (SSSR count). The van der Waals surface area contributed by atoms with Gasteiger partial charge in [-0.15, -0.1) is 0 Å². The summed E-state index contributed by atoms with van der Waals surface area (Å²) in [7, 11) is 0. The minimum absolute atomic E-state index is 0.0710. The number of allylic oxidation sites excluding steroid dienone is 2. The zero-order valence-corrected chi connectivity index (χ0v) is 26.6. The highest BCUT2D eigenvalue weighted by molar-refractivity contribution is 5.91. The summed E-state index contributed by atoms with van der Waals surface area (Å²) in [5, 5.41) is 21.5.